The minimum atomic E-state index is 0.838. The van der Waals surface area contributed by atoms with Gasteiger partial charge in [0, 0.05) is 24.2 Å². The van der Waals surface area contributed by atoms with Gasteiger partial charge in [0.25, 0.3) is 0 Å². The molecule has 0 aliphatic rings. The molecule has 0 aliphatic heterocycles. The van der Waals surface area contributed by atoms with Gasteiger partial charge in [0.1, 0.15) is 0 Å². The lowest BCUT2D eigenvalue weighted by Crippen LogP contribution is -2.09. The third-order valence-electron chi connectivity index (χ3n) is 4.25. The summed E-state index contributed by atoms with van der Waals surface area (Å²) in [5.74, 6) is 1.35. The van der Waals surface area contributed by atoms with Gasteiger partial charge in [-0.2, -0.15) is 11.8 Å². The summed E-state index contributed by atoms with van der Waals surface area (Å²) in [7, 11) is 0. The maximum Gasteiger partial charge on any atom is 0.0945 e. The Labute approximate surface area is 142 Å². The quantitative estimate of drug-likeness (QED) is 0.351. The van der Waals surface area contributed by atoms with Crippen molar-refractivity contribution in [2.45, 2.75) is 96.3 Å². The van der Waals surface area contributed by atoms with Crippen LogP contribution in [-0.2, 0) is 6.54 Å². The average molecular weight is 325 g/mol. The first kappa shape index (κ1) is 19.6. The van der Waals surface area contributed by atoms with Crippen molar-refractivity contribution in [1.29, 1.82) is 0 Å². The van der Waals surface area contributed by atoms with Gasteiger partial charge in [-0.25, -0.2) is 4.98 Å². The second-order valence-corrected chi connectivity index (χ2v) is 7.75. The van der Waals surface area contributed by atoms with E-state index in [1.807, 2.05) is 12.5 Å². The number of thioether (sulfide) groups is 1. The molecule has 0 saturated heterocycles. The van der Waals surface area contributed by atoms with E-state index in [1.165, 1.54) is 76.4 Å². The first-order valence-electron chi connectivity index (χ1n) is 9.44. The molecule has 0 fully saturated rings. The molecule has 0 aromatic carbocycles. The Morgan fingerprint density at radius 2 is 1.64 bits per heavy atom. The fourth-order valence-electron chi connectivity index (χ4n) is 2.78. The molecule has 3 heteroatoms. The summed E-state index contributed by atoms with van der Waals surface area (Å²) in [5, 5.41) is 0.838. The Morgan fingerprint density at radius 1 is 0.909 bits per heavy atom. The topological polar surface area (TPSA) is 17.8 Å². The highest BCUT2D eigenvalue weighted by molar-refractivity contribution is 7.99. The molecule has 1 unspecified atom stereocenters. The van der Waals surface area contributed by atoms with Crippen LogP contribution in [0.25, 0.3) is 0 Å². The van der Waals surface area contributed by atoms with Crippen LogP contribution in [0.15, 0.2) is 18.7 Å². The lowest BCUT2D eigenvalue weighted by molar-refractivity contribution is 0.559. The summed E-state index contributed by atoms with van der Waals surface area (Å²) < 4.78 is 2.22. The molecule has 0 bridgehead atoms. The van der Waals surface area contributed by atoms with Gasteiger partial charge in [-0.05, 0) is 25.0 Å². The second kappa shape index (κ2) is 14.2. The number of imidazole rings is 1. The predicted molar refractivity (Wildman–Crippen MR) is 101 cm³/mol. The zero-order valence-corrected chi connectivity index (χ0v) is 15.6. The van der Waals surface area contributed by atoms with Crippen molar-refractivity contribution in [2.75, 3.05) is 5.75 Å². The number of nitrogens with zero attached hydrogens (tertiary/aromatic N) is 2. The van der Waals surface area contributed by atoms with Crippen molar-refractivity contribution >= 4 is 11.8 Å². The van der Waals surface area contributed by atoms with Crippen LogP contribution in [0.3, 0.4) is 0 Å². The van der Waals surface area contributed by atoms with E-state index in [9.17, 15) is 0 Å². The highest BCUT2D eigenvalue weighted by Crippen LogP contribution is 2.24. The van der Waals surface area contributed by atoms with E-state index >= 15 is 0 Å². The molecule has 0 aliphatic carbocycles. The molecule has 1 atom stereocenters. The monoisotopic (exact) mass is 324 g/mol. The molecule has 1 aromatic heterocycles. The van der Waals surface area contributed by atoms with Gasteiger partial charge in [0.15, 0.2) is 0 Å². The molecule has 1 heterocycles. The lowest BCUT2D eigenvalue weighted by Gasteiger charge is -2.17. The van der Waals surface area contributed by atoms with E-state index in [0.717, 1.165) is 11.8 Å². The SMILES string of the molecule is CCCCCCCSC(CCCCCC)CCn1ccnc1. The smallest absolute Gasteiger partial charge is 0.0945 e. The molecule has 2 nitrogen and oxygen atoms in total. The number of rotatable bonds is 15. The Balaban J connectivity index is 2.17. The highest BCUT2D eigenvalue weighted by atomic mass is 32.2. The van der Waals surface area contributed by atoms with Crippen molar-refractivity contribution in [3.63, 3.8) is 0 Å². The summed E-state index contributed by atoms with van der Waals surface area (Å²) in [6, 6.07) is 0. The van der Waals surface area contributed by atoms with Gasteiger partial charge in [0.05, 0.1) is 6.33 Å². The predicted octanol–water partition coefficient (Wildman–Crippen LogP) is 6.32. The van der Waals surface area contributed by atoms with Gasteiger partial charge in [-0.15, -0.1) is 0 Å². The van der Waals surface area contributed by atoms with Crippen molar-refractivity contribution in [3.05, 3.63) is 18.7 Å². The van der Waals surface area contributed by atoms with E-state index in [4.69, 9.17) is 0 Å². The molecule has 0 spiro atoms. The Morgan fingerprint density at radius 3 is 2.32 bits per heavy atom. The highest BCUT2D eigenvalue weighted by Gasteiger charge is 2.09. The van der Waals surface area contributed by atoms with E-state index < -0.39 is 0 Å². The van der Waals surface area contributed by atoms with Crippen molar-refractivity contribution < 1.29 is 0 Å². The molecule has 1 rings (SSSR count). The van der Waals surface area contributed by atoms with Crippen molar-refractivity contribution in [3.8, 4) is 0 Å². The maximum absolute atomic E-state index is 4.15. The number of aryl methyl sites for hydroxylation is 1. The van der Waals surface area contributed by atoms with Crippen LogP contribution in [0, 0.1) is 0 Å². The third-order valence-corrected chi connectivity index (χ3v) is 5.72. The normalized spacial score (nSPS) is 12.6. The van der Waals surface area contributed by atoms with Crippen LogP contribution < -0.4 is 0 Å². The average Bonchev–Trinajstić information content (AvgIpc) is 3.05. The Kier molecular flexibility index (Phi) is 12.6. The Bertz CT molecular complexity index is 324. The van der Waals surface area contributed by atoms with Crippen LogP contribution in [0.1, 0.15) is 84.5 Å². The number of hydrogen-bond acceptors (Lipinski definition) is 2. The van der Waals surface area contributed by atoms with Gasteiger partial charge in [0.2, 0.25) is 0 Å². The number of aromatic nitrogens is 2. The fraction of sp³-hybridized carbons (Fsp3) is 0.842. The minimum Gasteiger partial charge on any atom is -0.337 e. The van der Waals surface area contributed by atoms with Crippen molar-refractivity contribution in [1.82, 2.24) is 9.55 Å². The first-order valence-corrected chi connectivity index (χ1v) is 10.5. The van der Waals surface area contributed by atoms with Gasteiger partial charge in [-0.3, -0.25) is 0 Å². The largest absolute Gasteiger partial charge is 0.337 e. The molecule has 1 aromatic rings. The fourth-order valence-corrected chi connectivity index (χ4v) is 4.09. The zero-order chi connectivity index (χ0) is 15.9. The van der Waals surface area contributed by atoms with E-state index in [-0.39, 0.29) is 0 Å². The van der Waals surface area contributed by atoms with Gasteiger partial charge >= 0.3 is 0 Å². The standard InChI is InChI=1S/C19H36N2S/c1-3-5-7-9-11-17-22-19(12-10-8-6-4-2)13-15-21-16-14-20-18-21/h14,16,18-19H,3-13,15,17H2,1-2H3. The summed E-state index contributed by atoms with van der Waals surface area (Å²) in [6.07, 6.45) is 21.2. The number of hydrogen-bond donors (Lipinski definition) is 0. The molecule has 0 radical (unpaired) electrons. The van der Waals surface area contributed by atoms with Crippen LogP contribution in [0.5, 0.6) is 0 Å². The van der Waals surface area contributed by atoms with E-state index in [2.05, 4.69) is 41.4 Å². The number of unbranched alkanes of at least 4 members (excludes halogenated alkanes) is 7. The van der Waals surface area contributed by atoms with Crippen LogP contribution in [0.4, 0.5) is 0 Å². The van der Waals surface area contributed by atoms with Crippen LogP contribution in [0.2, 0.25) is 0 Å². The summed E-state index contributed by atoms with van der Waals surface area (Å²) in [4.78, 5) is 4.15. The molecule has 22 heavy (non-hydrogen) atoms. The molecule has 128 valence electrons. The molecule has 0 N–H and O–H groups in total. The second-order valence-electron chi connectivity index (χ2n) is 6.35. The molecular weight excluding hydrogens is 288 g/mol. The molecule has 0 saturated carbocycles. The van der Waals surface area contributed by atoms with E-state index in [1.54, 1.807) is 0 Å². The first-order chi connectivity index (χ1) is 10.9. The molecular formula is C19H36N2S. The van der Waals surface area contributed by atoms with E-state index in [0.29, 0.717) is 0 Å². The summed E-state index contributed by atoms with van der Waals surface area (Å²) in [6.45, 7) is 5.71. The minimum absolute atomic E-state index is 0.838. The van der Waals surface area contributed by atoms with Gasteiger partial charge in [-0.1, -0.05) is 65.2 Å². The third kappa shape index (κ3) is 10.3. The molecule has 0 amide bonds. The summed E-state index contributed by atoms with van der Waals surface area (Å²) in [5.41, 5.74) is 0. The zero-order valence-electron chi connectivity index (χ0n) is 14.8. The maximum atomic E-state index is 4.15. The lowest BCUT2D eigenvalue weighted by atomic mass is 10.1. The van der Waals surface area contributed by atoms with Crippen LogP contribution >= 0.6 is 11.8 Å². The van der Waals surface area contributed by atoms with Crippen molar-refractivity contribution in [2.24, 2.45) is 0 Å². The summed E-state index contributed by atoms with van der Waals surface area (Å²) >= 11 is 2.23. The Hall–Kier alpha value is -0.440. The van der Waals surface area contributed by atoms with Gasteiger partial charge < -0.3 is 4.57 Å². The van der Waals surface area contributed by atoms with Crippen LogP contribution in [-0.4, -0.2) is 20.6 Å².